The van der Waals surface area contributed by atoms with Gasteiger partial charge in [0, 0.05) is 18.1 Å². The van der Waals surface area contributed by atoms with Crippen molar-refractivity contribution in [3.8, 4) is 0 Å². The van der Waals surface area contributed by atoms with Crippen LogP contribution < -0.4 is 5.32 Å². The minimum Gasteiger partial charge on any atom is -0.322 e. The molecule has 0 aliphatic rings. The number of halogens is 4. The standard InChI is InChI=1S/C14H11F4N3O/c1-2-8-5-10(3-4-11(8)15)21-12(22)9-6-19-13(20-7-9)14(16,17)18/h3-7H,2H2,1H3,(H,21,22). The van der Waals surface area contributed by atoms with Gasteiger partial charge in [0.2, 0.25) is 5.82 Å². The third-order valence-electron chi connectivity index (χ3n) is 2.85. The molecule has 4 nitrogen and oxygen atoms in total. The van der Waals surface area contributed by atoms with Gasteiger partial charge in [-0.15, -0.1) is 0 Å². The normalized spacial score (nSPS) is 11.3. The van der Waals surface area contributed by atoms with Crippen LogP contribution in [0.5, 0.6) is 0 Å². The first-order valence-corrected chi connectivity index (χ1v) is 6.30. The summed E-state index contributed by atoms with van der Waals surface area (Å²) < 4.78 is 50.3. The Morgan fingerprint density at radius 2 is 1.86 bits per heavy atom. The summed E-state index contributed by atoms with van der Waals surface area (Å²) >= 11 is 0. The Bertz CT molecular complexity index is 683. The molecule has 1 heterocycles. The molecule has 2 aromatic rings. The summed E-state index contributed by atoms with van der Waals surface area (Å²) in [6.45, 7) is 1.76. The van der Waals surface area contributed by atoms with Gasteiger partial charge in [-0.2, -0.15) is 13.2 Å². The van der Waals surface area contributed by atoms with Gasteiger partial charge >= 0.3 is 6.18 Å². The van der Waals surface area contributed by atoms with E-state index in [-0.39, 0.29) is 5.56 Å². The van der Waals surface area contributed by atoms with Crippen molar-refractivity contribution in [3.63, 3.8) is 0 Å². The zero-order chi connectivity index (χ0) is 16.3. The van der Waals surface area contributed by atoms with E-state index in [0.29, 0.717) is 17.7 Å². The van der Waals surface area contributed by atoms with Gasteiger partial charge in [-0.05, 0) is 30.2 Å². The second-order valence-electron chi connectivity index (χ2n) is 4.41. The molecule has 0 spiro atoms. The molecule has 8 heteroatoms. The number of nitrogens with one attached hydrogen (secondary N) is 1. The minimum absolute atomic E-state index is 0.129. The summed E-state index contributed by atoms with van der Waals surface area (Å²) in [6, 6.07) is 4.02. The number of hydrogen-bond donors (Lipinski definition) is 1. The summed E-state index contributed by atoms with van der Waals surface area (Å²) in [5.74, 6) is -2.39. The summed E-state index contributed by atoms with van der Waals surface area (Å²) in [6.07, 6.45) is -2.65. The molecule has 0 unspecified atom stereocenters. The first kappa shape index (κ1) is 15.9. The average molecular weight is 313 g/mol. The van der Waals surface area contributed by atoms with E-state index in [9.17, 15) is 22.4 Å². The lowest BCUT2D eigenvalue weighted by Crippen LogP contribution is -2.16. The lowest BCUT2D eigenvalue weighted by atomic mass is 10.1. The molecule has 1 aromatic carbocycles. The molecule has 1 N–H and O–H groups in total. The van der Waals surface area contributed by atoms with Crippen molar-refractivity contribution < 1.29 is 22.4 Å². The zero-order valence-corrected chi connectivity index (χ0v) is 11.4. The van der Waals surface area contributed by atoms with Gasteiger partial charge in [0.15, 0.2) is 0 Å². The molecular formula is C14H11F4N3O. The highest BCUT2D eigenvalue weighted by molar-refractivity contribution is 6.03. The van der Waals surface area contributed by atoms with Crippen LogP contribution in [0.1, 0.15) is 28.7 Å². The number of aromatic nitrogens is 2. The van der Waals surface area contributed by atoms with E-state index in [1.165, 1.54) is 18.2 Å². The van der Waals surface area contributed by atoms with Gasteiger partial charge in [0.05, 0.1) is 5.56 Å². The number of alkyl halides is 3. The van der Waals surface area contributed by atoms with Gasteiger partial charge in [0.1, 0.15) is 5.82 Å². The molecule has 2 rings (SSSR count). The van der Waals surface area contributed by atoms with E-state index >= 15 is 0 Å². The van der Waals surface area contributed by atoms with E-state index in [1.54, 1.807) is 6.92 Å². The van der Waals surface area contributed by atoms with Crippen molar-refractivity contribution in [2.24, 2.45) is 0 Å². The molecule has 0 atom stereocenters. The molecule has 22 heavy (non-hydrogen) atoms. The Balaban J connectivity index is 2.15. The molecule has 0 aliphatic heterocycles. The third-order valence-corrected chi connectivity index (χ3v) is 2.85. The largest absolute Gasteiger partial charge is 0.451 e. The smallest absolute Gasteiger partial charge is 0.322 e. The maximum absolute atomic E-state index is 13.3. The molecule has 116 valence electrons. The molecule has 1 amide bonds. The van der Waals surface area contributed by atoms with E-state index in [4.69, 9.17) is 0 Å². The van der Waals surface area contributed by atoms with Gasteiger partial charge in [-0.25, -0.2) is 14.4 Å². The third kappa shape index (κ3) is 3.57. The van der Waals surface area contributed by atoms with Crippen LogP contribution in [0.4, 0.5) is 23.2 Å². The topological polar surface area (TPSA) is 54.9 Å². The molecule has 0 radical (unpaired) electrons. The van der Waals surface area contributed by atoms with Crippen LogP contribution >= 0.6 is 0 Å². The summed E-state index contributed by atoms with van der Waals surface area (Å²) in [5.41, 5.74) is 0.625. The van der Waals surface area contributed by atoms with E-state index in [0.717, 1.165) is 12.4 Å². The maximum atomic E-state index is 13.3. The van der Waals surface area contributed by atoms with E-state index < -0.39 is 23.7 Å². The summed E-state index contributed by atoms with van der Waals surface area (Å²) in [7, 11) is 0. The fourth-order valence-corrected chi connectivity index (χ4v) is 1.72. The average Bonchev–Trinajstić information content (AvgIpc) is 2.48. The van der Waals surface area contributed by atoms with Gasteiger partial charge in [0.25, 0.3) is 5.91 Å². The Labute approximate surface area is 123 Å². The summed E-state index contributed by atoms with van der Waals surface area (Å²) in [5, 5.41) is 2.45. The molecule has 0 bridgehead atoms. The number of anilines is 1. The number of rotatable bonds is 3. The molecule has 0 saturated heterocycles. The fraction of sp³-hybridized carbons (Fsp3) is 0.214. The second-order valence-corrected chi connectivity index (χ2v) is 4.41. The number of carbonyl (C=O) groups is 1. The Kier molecular flexibility index (Phi) is 4.39. The number of nitrogens with zero attached hydrogens (tertiary/aromatic N) is 2. The van der Waals surface area contributed by atoms with Crippen LogP contribution in [0.25, 0.3) is 0 Å². The predicted molar refractivity (Wildman–Crippen MR) is 70.8 cm³/mol. The van der Waals surface area contributed by atoms with Crippen LogP contribution in [0.2, 0.25) is 0 Å². The van der Waals surface area contributed by atoms with Crippen molar-refractivity contribution in [1.82, 2.24) is 9.97 Å². The predicted octanol–water partition coefficient (Wildman–Crippen LogP) is 3.45. The van der Waals surface area contributed by atoms with Gasteiger partial charge < -0.3 is 5.32 Å². The monoisotopic (exact) mass is 313 g/mol. The van der Waals surface area contributed by atoms with Crippen LogP contribution in [-0.4, -0.2) is 15.9 Å². The van der Waals surface area contributed by atoms with Crippen molar-refractivity contribution in [3.05, 3.63) is 53.4 Å². The fourth-order valence-electron chi connectivity index (χ4n) is 1.72. The first-order chi connectivity index (χ1) is 10.3. The van der Waals surface area contributed by atoms with E-state index in [1.807, 2.05) is 0 Å². The van der Waals surface area contributed by atoms with Crippen LogP contribution in [-0.2, 0) is 12.6 Å². The lowest BCUT2D eigenvalue weighted by Gasteiger charge is -2.08. The highest BCUT2D eigenvalue weighted by Crippen LogP contribution is 2.25. The highest BCUT2D eigenvalue weighted by Gasteiger charge is 2.34. The van der Waals surface area contributed by atoms with Gasteiger partial charge in [-0.1, -0.05) is 6.92 Å². The zero-order valence-electron chi connectivity index (χ0n) is 11.4. The molecule has 1 aromatic heterocycles. The molecular weight excluding hydrogens is 302 g/mol. The van der Waals surface area contributed by atoms with Crippen molar-refractivity contribution in [2.45, 2.75) is 19.5 Å². The Morgan fingerprint density at radius 3 is 2.41 bits per heavy atom. The van der Waals surface area contributed by atoms with Crippen molar-refractivity contribution in [1.29, 1.82) is 0 Å². The molecule has 0 fully saturated rings. The SMILES string of the molecule is CCc1cc(NC(=O)c2cnc(C(F)(F)F)nc2)ccc1F. The highest BCUT2D eigenvalue weighted by atomic mass is 19.4. The van der Waals surface area contributed by atoms with Crippen molar-refractivity contribution in [2.75, 3.05) is 5.32 Å². The van der Waals surface area contributed by atoms with E-state index in [2.05, 4.69) is 15.3 Å². The quantitative estimate of drug-likeness (QED) is 0.883. The van der Waals surface area contributed by atoms with Crippen molar-refractivity contribution >= 4 is 11.6 Å². The lowest BCUT2D eigenvalue weighted by molar-refractivity contribution is -0.145. The van der Waals surface area contributed by atoms with Crippen LogP contribution in [0.15, 0.2) is 30.6 Å². The first-order valence-electron chi connectivity index (χ1n) is 6.30. The number of benzene rings is 1. The summed E-state index contributed by atoms with van der Waals surface area (Å²) in [4.78, 5) is 18.1. The number of aryl methyl sites for hydroxylation is 1. The Hall–Kier alpha value is -2.51. The number of amides is 1. The van der Waals surface area contributed by atoms with Crippen LogP contribution in [0, 0.1) is 5.82 Å². The van der Waals surface area contributed by atoms with Crippen LogP contribution in [0.3, 0.4) is 0 Å². The Morgan fingerprint density at radius 1 is 1.23 bits per heavy atom. The van der Waals surface area contributed by atoms with Gasteiger partial charge in [-0.3, -0.25) is 4.79 Å². The number of hydrogen-bond acceptors (Lipinski definition) is 3. The molecule has 0 saturated carbocycles. The number of carbonyl (C=O) groups excluding carboxylic acids is 1. The second kappa shape index (κ2) is 6.08. The molecule has 0 aliphatic carbocycles. The maximum Gasteiger partial charge on any atom is 0.451 e. The minimum atomic E-state index is -4.66.